The van der Waals surface area contributed by atoms with Gasteiger partial charge >= 0.3 is 0 Å². The molecule has 3 aromatic rings. The zero-order valence-corrected chi connectivity index (χ0v) is 13.8. The van der Waals surface area contributed by atoms with Gasteiger partial charge in [-0.05, 0) is 18.2 Å². The Bertz CT molecular complexity index is 825. The molecule has 0 amide bonds. The third-order valence-corrected chi connectivity index (χ3v) is 3.66. The van der Waals surface area contributed by atoms with E-state index in [9.17, 15) is 0 Å². The Balaban J connectivity index is 1.91. The van der Waals surface area contributed by atoms with Crippen molar-refractivity contribution in [1.82, 2.24) is 9.97 Å². The first kappa shape index (κ1) is 15.6. The van der Waals surface area contributed by atoms with Crippen molar-refractivity contribution in [2.45, 2.75) is 0 Å². The summed E-state index contributed by atoms with van der Waals surface area (Å²) in [5.74, 6) is 1.01. The highest BCUT2D eigenvalue weighted by Gasteiger charge is 2.07. The summed E-state index contributed by atoms with van der Waals surface area (Å²) < 4.78 is 5.13. The average Bonchev–Trinajstić information content (AvgIpc) is 2.55. The number of hydrogen-bond acceptors (Lipinski definition) is 4. The molecule has 0 atom stereocenters. The Morgan fingerprint density at radius 1 is 0.957 bits per heavy atom. The molecule has 2 aromatic carbocycles. The fourth-order valence-corrected chi connectivity index (χ4v) is 2.54. The van der Waals surface area contributed by atoms with Crippen LogP contribution in [0.25, 0.3) is 11.3 Å². The number of aromatic nitrogens is 2. The average molecular weight is 346 g/mol. The van der Waals surface area contributed by atoms with Gasteiger partial charge in [0, 0.05) is 17.3 Å². The molecule has 0 aliphatic heterocycles. The molecule has 0 spiro atoms. The SMILES string of the molecule is COc1ccc(Nc2nc(Cl)cc(-c3ccccc3)n2)cc1Cl. The van der Waals surface area contributed by atoms with Crippen LogP contribution in [0.2, 0.25) is 10.2 Å². The molecule has 23 heavy (non-hydrogen) atoms. The maximum absolute atomic E-state index is 6.12. The van der Waals surface area contributed by atoms with Crippen LogP contribution in [0, 0.1) is 0 Å². The fourth-order valence-electron chi connectivity index (χ4n) is 2.10. The molecule has 0 radical (unpaired) electrons. The van der Waals surface area contributed by atoms with E-state index in [4.69, 9.17) is 27.9 Å². The molecule has 1 aromatic heterocycles. The second kappa shape index (κ2) is 6.86. The van der Waals surface area contributed by atoms with Gasteiger partial charge in [0.1, 0.15) is 10.9 Å². The summed E-state index contributed by atoms with van der Waals surface area (Å²) in [6.45, 7) is 0. The molecule has 0 aliphatic carbocycles. The molecular formula is C17H13Cl2N3O. The Kier molecular flexibility index (Phi) is 4.65. The van der Waals surface area contributed by atoms with Gasteiger partial charge in [-0.1, -0.05) is 53.5 Å². The highest BCUT2D eigenvalue weighted by atomic mass is 35.5. The van der Waals surface area contributed by atoms with E-state index in [0.717, 1.165) is 16.9 Å². The number of methoxy groups -OCH3 is 1. The summed E-state index contributed by atoms with van der Waals surface area (Å²) in [5, 5.41) is 3.96. The largest absolute Gasteiger partial charge is 0.495 e. The monoisotopic (exact) mass is 345 g/mol. The highest BCUT2D eigenvalue weighted by Crippen LogP contribution is 2.29. The normalized spacial score (nSPS) is 10.4. The number of hydrogen-bond donors (Lipinski definition) is 1. The smallest absolute Gasteiger partial charge is 0.229 e. The number of nitrogens with one attached hydrogen (secondary N) is 1. The van der Waals surface area contributed by atoms with Crippen molar-refractivity contribution in [1.29, 1.82) is 0 Å². The lowest BCUT2D eigenvalue weighted by atomic mass is 10.1. The van der Waals surface area contributed by atoms with Crippen LogP contribution in [0.4, 0.5) is 11.6 Å². The van der Waals surface area contributed by atoms with E-state index in [0.29, 0.717) is 21.9 Å². The summed E-state index contributed by atoms with van der Waals surface area (Å²) in [6.07, 6.45) is 0. The van der Waals surface area contributed by atoms with E-state index in [1.807, 2.05) is 36.4 Å². The first-order valence-corrected chi connectivity index (χ1v) is 7.62. The maximum Gasteiger partial charge on any atom is 0.229 e. The van der Waals surface area contributed by atoms with E-state index >= 15 is 0 Å². The van der Waals surface area contributed by atoms with Gasteiger partial charge in [-0.25, -0.2) is 9.97 Å². The Morgan fingerprint density at radius 3 is 2.43 bits per heavy atom. The molecular weight excluding hydrogens is 333 g/mol. The van der Waals surface area contributed by atoms with Gasteiger partial charge < -0.3 is 10.1 Å². The maximum atomic E-state index is 6.12. The number of halogens is 2. The van der Waals surface area contributed by atoms with Crippen LogP contribution in [0.5, 0.6) is 5.75 Å². The van der Waals surface area contributed by atoms with Gasteiger partial charge in [-0.2, -0.15) is 0 Å². The third-order valence-electron chi connectivity index (χ3n) is 3.17. The van der Waals surface area contributed by atoms with Crippen molar-refractivity contribution >= 4 is 34.8 Å². The topological polar surface area (TPSA) is 47.0 Å². The Morgan fingerprint density at radius 2 is 1.74 bits per heavy atom. The Hall–Kier alpha value is -2.30. The van der Waals surface area contributed by atoms with E-state index in [2.05, 4.69) is 15.3 Å². The van der Waals surface area contributed by atoms with E-state index in [-0.39, 0.29) is 0 Å². The van der Waals surface area contributed by atoms with Crippen molar-refractivity contribution in [3.05, 3.63) is 64.8 Å². The summed E-state index contributed by atoms with van der Waals surface area (Å²) in [6, 6.07) is 16.8. The lowest BCUT2D eigenvalue weighted by Gasteiger charge is -2.09. The van der Waals surface area contributed by atoms with Crippen molar-refractivity contribution in [3.8, 4) is 17.0 Å². The number of benzene rings is 2. The number of ether oxygens (including phenoxy) is 1. The van der Waals surface area contributed by atoms with Crippen LogP contribution in [0.3, 0.4) is 0 Å². The second-order valence-corrected chi connectivity index (χ2v) is 5.53. The molecule has 0 aliphatic rings. The minimum absolute atomic E-state index is 0.362. The van der Waals surface area contributed by atoms with Crippen LogP contribution in [-0.4, -0.2) is 17.1 Å². The van der Waals surface area contributed by atoms with Crippen molar-refractivity contribution in [3.63, 3.8) is 0 Å². The zero-order valence-electron chi connectivity index (χ0n) is 12.3. The van der Waals surface area contributed by atoms with Crippen LogP contribution < -0.4 is 10.1 Å². The molecule has 1 N–H and O–H groups in total. The van der Waals surface area contributed by atoms with E-state index in [1.54, 1.807) is 25.3 Å². The van der Waals surface area contributed by atoms with Crippen LogP contribution in [0.1, 0.15) is 0 Å². The molecule has 4 nitrogen and oxygen atoms in total. The first-order chi connectivity index (χ1) is 11.2. The lowest BCUT2D eigenvalue weighted by Crippen LogP contribution is -1.99. The van der Waals surface area contributed by atoms with Crippen molar-refractivity contribution in [2.75, 3.05) is 12.4 Å². The fraction of sp³-hybridized carbons (Fsp3) is 0.0588. The van der Waals surface area contributed by atoms with Crippen LogP contribution >= 0.6 is 23.2 Å². The zero-order chi connectivity index (χ0) is 16.2. The summed E-state index contributed by atoms with van der Waals surface area (Å²) in [4.78, 5) is 8.69. The standard InChI is InChI=1S/C17H13Cl2N3O/c1-23-15-8-7-12(9-13(15)18)20-17-21-14(10-16(19)22-17)11-5-3-2-4-6-11/h2-10H,1H3,(H,20,21,22). The lowest BCUT2D eigenvalue weighted by molar-refractivity contribution is 0.415. The van der Waals surface area contributed by atoms with Gasteiger partial charge in [-0.15, -0.1) is 0 Å². The highest BCUT2D eigenvalue weighted by molar-refractivity contribution is 6.32. The van der Waals surface area contributed by atoms with Crippen molar-refractivity contribution in [2.24, 2.45) is 0 Å². The van der Waals surface area contributed by atoms with Gasteiger partial charge in [0.05, 0.1) is 17.8 Å². The molecule has 0 saturated carbocycles. The minimum Gasteiger partial charge on any atom is -0.495 e. The molecule has 0 fully saturated rings. The molecule has 0 saturated heterocycles. The number of anilines is 2. The Labute approximate surface area is 144 Å². The third kappa shape index (κ3) is 3.73. The minimum atomic E-state index is 0.362. The molecule has 6 heteroatoms. The van der Waals surface area contributed by atoms with Crippen LogP contribution in [-0.2, 0) is 0 Å². The predicted molar refractivity (Wildman–Crippen MR) is 93.8 cm³/mol. The predicted octanol–water partition coefficient (Wildman–Crippen LogP) is 5.20. The molecule has 0 bridgehead atoms. The molecule has 1 heterocycles. The summed E-state index contributed by atoms with van der Waals surface area (Å²) in [7, 11) is 1.57. The van der Waals surface area contributed by atoms with Crippen molar-refractivity contribution < 1.29 is 4.74 Å². The van der Waals surface area contributed by atoms with E-state index in [1.165, 1.54) is 0 Å². The quantitative estimate of drug-likeness (QED) is 0.660. The van der Waals surface area contributed by atoms with Gasteiger partial charge in [-0.3, -0.25) is 0 Å². The molecule has 116 valence electrons. The molecule has 3 rings (SSSR count). The van der Waals surface area contributed by atoms with Gasteiger partial charge in [0.25, 0.3) is 0 Å². The van der Waals surface area contributed by atoms with Gasteiger partial charge in [0.2, 0.25) is 5.95 Å². The second-order valence-electron chi connectivity index (χ2n) is 4.74. The van der Waals surface area contributed by atoms with E-state index < -0.39 is 0 Å². The summed E-state index contributed by atoms with van der Waals surface area (Å²) >= 11 is 12.2. The number of rotatable bonds is 4. The first-order valence-electron chi connectivity index (χ1n) is 6.86. The molecule has 0 unspecified atom stereocenters. The summed E-state index contributed by atoms with van der Waals surface area (Å²) in [5.41, 5.74) is 2.46. The van der Waals surface area contributed by atoms with Crippen LogP contribution in [0.15, 0.2) is 54.6 Å². The van der Waals surface area contributed by atoms with Gasteiger partial charge in [0.15, 0.2) is 0 Å². The number of nitrogens with zero attached hydrogens (tertiary/aromatic N) is 2.